The number of benzene rings is 2. The summed E-state index contributed by atoms with van der Waals surface area (Å²) in [5.41, 5.74) is 1.56. The lowest BCUT2D eigenvalue weighted by Crippen LogP contribution is -2.05. The van der Waals surface area contributed by atoms with Gasteiger partial charge in [0.1, 0.15) is 5.82 Å². The third-order valence-corrected chi connectivity index (χ3v) is 4.13. The van der Waals surface area contributed by atoms with E-state index in [4.69, 9.17) is 4.52 Å². The topological polar surface area (TPSA) is 51.0 Å². The molecule has 0 amide bonds. The minimum absolute atomic E-state index is 0.245. The molecule has 0 radical (unpaired) electrons. The molecule has 3 rings (SSSR count). The molecular weight excluding hydrogens is 313 g/mol. The van der Waals surface area contributed by atoms with Gasteiger partial charge in [0.25, 0.3) is 0 Å². The second kappa shape index (κ2) is 7.28. The highest BCUT2D eigenvalue weighted by molar-refractivity contribution is 7.98. The number of hydrogen-bond acceptors (Lipinski definition) is 5. The van der Waals surface area contributed by atoms with Crippen LogP contribution in [-0.2, 0) is 6.42 Å². The highest BCUT2D eigenvalue weighted by Gasteiger charge is 2.11. The Morgan fingerprint density at radius 2 is 1.91 bits per heavy atom. The molecule has 23 heavy (non-hydrogen) atoms. The van der Waals surface area contributed by atoms with E-state index in [-0.39, 0.29) is 11.6 Å². The maximum absolute atomic E-state index is 13.7. The molecule has 0 aliphatic carbocycles. The summed E-state index contributed by atoms with van der Waals surface area (Å²) in [5.74, 6) is -0.122. The minimum atomic E-state index is -0.367. The van der Waals surface area contributed by atoms with E-state index in [2.05, 4.69) is 46.0 Å². The van der Waals surface area contributed by atoms with Crippen LogP contribution >= 0.6 is 11.8 Å². The van der Waals surface area contributed by atoms with E-state index in [1.54, 1.807) is 30.0 Å². The molecule has 4 nitrogen and oxygen atoms in total. The van der Waals surface area contributed by atoms with E-state index in [9.17, 15) is 4.39 Å². The van der Waals surface area contributed by atoms with Crippen LogP contribution in [0.4, 0.5) is 10.4 Å². The van der Waals surface area contributed by atoms with Gasteiger partial charge in [-0.1, -0.05) is 29.4 Å². The average molecular weight is 329 g/mol. The number of rotatable bonds is 6. The molecule has 1 aromatic heterocycles. The van der Waals surface area contributed by atoms with Crippen molar-refractivity contribution in [3.8, 4) is 11.4 Å². The molecule has 2 aromatic carbocycles. The van der Waals surface area contributed by atoms with E-state index in [0.29, 0.717) is 18.1 Å². The first-order valence-corrected chi connectivity index (χ1v) is 8.44. The predicted octanol–water partition coefficient (Wildman–Crippen LogP) is 4.25. The summed E-state index contributed by atoms with van der Waals surface area (Å²) in [4.78, 5) is 5.41. The Morgan fingerprint density at radius 3 is 2.65 bits per heavy atom. The Labute approximate surface area is 138 Å². The standard InChI is InChI=1S/C17H16FN3OS/c1-23-13-8-6-12(7-9-13)10-11-19-17-20-16(21-22-17)14-4-2-3-5-15(14)18/h2-9H,10-11H2,1H3,(H,19,20,21). The summed E-state index contributed by atoms with van der Waals surface area (Å²) in [7, 11) is 0. The normalized spacial score (nSPS) is 10.7. The molecular formula is C17H16FN3OS. The first-order valence-electron chi connectivity index (χ1n) is 7.21. The van der Waals surface area contributed by atoms with Gasteiger partial charge in [-0.15, -0.1) is 11.8 Å². The number of aromatic nitrogens is 2. The zero-order chi connectivity index (χ0) is 16.1. The highest BCUT2D eigenvalue weighted by Crippen LogP contribution is 2.20. The fraction of sp³-hybridized carbons (Fsp3) is 0.176. The summed E-state index contributed by atoms with van der Waals surface area (Å²) >= 11 is 1.72. The van der Waals surface area contributed by atoms with Crippen molar-refractivity contribution >= 4 is 17.8 Å². The molecule has 0 aliphatic rings. The lowest BCUT2D eigenvalue weighted by molar-refractivity contribution is 0.431. The number of nitrogens with zero attached hydrogens (tertiary/aromatic N) is 2. The average Bonchev–Trinajstić information content (AvgIpc) is 3.04. The Morgan fingerprint density at radius 1 is 1.13 bits per heavy atom. The van der Waals surface area contributed by atoms with Crippen LogP contribution in [0, 0.1) is 5.82 Å². The van der Waals surface area contributed by atoms with Gasteiger partial charge in [-0.3, -0.25) is 0 Å². The zero-order valence-electron chi connectivity index (χ0n) is 12.6. The van der Waals surface area contributed by atoms with Crippen LogP contribution < -0.4 is 5.32 Å². The van der Waals surface area contributed by atoms with Gasteiger partial charge >= 0.3 is 6.01 Å². The van der Waals surface area contributed by atoms with Crippen LogP contribution in [-0.4, -0.2) is 22.9 Å². The van der Waals surface area contributed by atoms with E-state index in [1.807, 2.05) is 0 Å². The van der Waals surface area contributed by atoms with Crippen LogP contribution in [0.5, 0.6) is 0 Å². The third-order valence-electron chi connectivity index (χ3n) is 3.39. The quantitative estimate of drug-likeness (QED) is 0.685. The van der Waals surface area contributed by atoms with Crippen LogP contribution in [0.2, 0.25) is 0 Å². The Hall–Kier alpha value is -2.34. The molecule has 1 N–H and O–H groups in total. The lowest BCUT2D eigenvalue weighted by Gasteiger charge is -2.03. The molecule has 6 heteroatoms. The van der Waals surface area contributed by atoms with Crippen molar-refractivity contribution in [2.24, 2.45) is 0 Å². The molecule has 0 spiro atoms. The number of anilines is 1. The molecule has 3 aromatic rings. The molecule has 0 saturated carbocycles. The van der Waals surface area contributed by atoms with Gasteiger partial charge in [0.05, 0.1) is 5.56 Å². The van der Waals surface area contributed by atoms with Crippen molar-refractivity contribution in [2.75, 3.05) is 18.1 Å². The Bertz CT molecular complexity index is 774. The van der Waals surface area contributed by atoms with Crippen molar-refractivity contribution in [2.45, 2.75) is 11.3 Å². The van der Waals surface area contributed by atoms with Crippen LogP contribution in [0.3, 0.4) is 0 Å². The maximum Gasteiger partial charge on any atom is 0.321 e. The molecule has 118 valence electrons. The van der Waals surface area contributed by atoms with Gasteiger partial charge < -0.3 is 9.84 Å². The SMILES string of the molecule is CSc1ccc(CCNc2nc(-c3ccccc3F)no2)cc1. The van der Waals surface area contributed by atoms with Crippen LogP contribution in [0.15, 0.2) is 57.9 Å². The molecule has 0 aliphatic heterocycles. The fourth-order valence-corrected chi connectivity index (χ4v) is 2.56. The second-order valence-corrected chi connectivity index (χ2v) is 5.81. The molecule has 0 atom stereocenters. The van der Waals surface area contributed by atoms with Crippen molar-refractivity contribution in [1.82, 2.24) is 10.1 Å². The maximum atomic E-state index is 13.7. The first-order chi connectivity index (χ1) is 11.3. The number of halogens is 1. The largest absolute Gasteiger partial charge is 0.337 e. The summed E-state index contributed by atoms with van der Waals surface area (Å²) in [6.45, 7) is 0.664. The van der Waals surface area contributed by atoms with Gasteiger partial charge in [-0.2, -0.15) is 4.98 Å². The van der Waals surface area contributed by atoms with E-state index in [0.717, 1.165) is 6.42 Å². The van der Waals surface area contributed by atoms with E-state index >= 15 is 0 Å². The van der Waals surface area contributed by atoms with Crippen molar-refractivity contribution in [3.63, 3.8) is 0 Å². The molecule has 0 bridgehead atoms. The summed E-state index contributed by atoms with van der Waals surface area (Å²) in [5, 5.41) is 6.87. The van der Waals surface area contributed by atoms with Crippen molar-refractivity contribution in [3.05, 3.63) is 59.9 Å². The van der Waals surface area contributed by atoms with E-state index in [1.165, 1.54) is 16.5 Å². The number of nitrogens with one attached hydrogen (secondary N) is 1. The molecule has 0 fully saturated rings. The summed E-state index contributed by atoms with van der Waals surface area (Å²) < 4.78 is 18.8. The minimum Gasteiger partial charge on any atom is -0.337 e. The molecule has 1 heterocycles. The molecule has 0 unspecified atom stereocenters. The first kappa shape index (κ1) is 15.6. The highest BCUT2D eigenvalue weighted by atomic mass is 32.2. The zero-order valence-corrected chi connectivity index (χ0v) is 13.4. The summed E-state index contributed by atoms with van der Waals surface area (Å²) in [6, 6.07) is 15.1. The third kappa shape index (κ3) is 3.90. The number of thioether (sulfide) groups is 1. The fourth-order valence-electron chi connectivity index (χ4n) is 2.15. The number of hydrogen-bond donors (Lipinski definition) is 1. The predicted molar refractivity (Wildman–Crippen MR) is 90.1 cm³/mol. The van der Waals surface area contributed by atoms with Gasteiger partial charge in [0, 0.05) is 11.4 Å². The van der Waals surface area contributed by atoms with Crippen LogP contribution in [0.25, 0.3) is 11.4 Å². The van der Waals surface area contributed by atoms with Crippen LogP contribution in [0.1, 0.15) is 5.56 Å². The van der Waals surface area contributed by atoms with Gasteiger partial charge in [0.2, 0.25) is 5.82 Å². The Balaban J connectivity index is 1.58. The van der Waals surface area contributed by atoms with Gasteiger partial charge in [0.15, 0.2) is 0 Å². The molecule has 0 saturated heterocycles. The van der Waals surface area contributed by atoms with Crippen molar-refractivity contribution < 1.29 is 8.91 Å². The smallest absolute Gasteiger partial charge is 0.321 e. The van der Waals surface area contributed by atoms with Gasteiger partial charge in [-0.25, -0.2) is 4.39 Å². The second-order valence-electron chi connectivity index (χ2n) is 4.93. The lowest BCUT2D eigenvalue weighted by atomic mass is 10.1. The van der Waals surface area contributed by atoms with E-state index < -0.39 is 0 Å². The summed E-state index contributed by atoms with van der Waals surface area (Å²) in [6.07, 6.45) is 2.89. The van der Waals surface area contributed by atoms with Gasteiger partial charge in [-0.05, 0) is 42.5 Å². The Kier molecular flexibility index (Phi) is 4.92. The van der Waals surface area contributed by atoms with Crippen molar-refractivity contribution in [1.29, 1.82) is 0 Å². The monoisotopic (exact) mass is 329 g/mol.